The van der Waals surface area contributed by atoms with Gasteiger partial charge in [-0.3, -0.25) is 4.79 Å². The number of terminal acetylenes is 1. The highest BCUT2D eigenvalue weighted by Gasteiger charge is 2.50. The van der Waals surface area contributed by atoms with E-state index in [1.54, 1.807) is 31.2 Å². The molecular formula is C36H30F9N3O3. The lowest BCUT2D eigenvalue weighted by Crippen LogP contribution is -2.32. The number of hydrogen-bond acceptors (Lipinski definition) is 3. The van der Waals surface area contributed by atoms with Crippen LogP contribution in [0.3, 0.4) is 0 Å². The molecule has 2 aromatic carbocycles. The lowest BCUT2D eigenvalue weighted by Gasteiger charge is -2.27. The summed E-state index contributed by atoms with van der Waals surface area (Å²) in [7, 11) is 1.36. The summed E-state index contributed by atoms with van der Waals surface area (Å²) in [5.74, 6) is 1.40. The average Bonchev–Trinajstić information content (AvgIpc) is 3.67. The predicted octanol–water partition coefficient (Wildman–Crippen LogP) is 8.20. The smallest absolute Gasteiger partial charge is 0.416 e. The molecule has 3 amide bonds. The number of carbonyl (C=O) groups is 2. The zero-order chi connectivity index (χ0) is 37.2. The molecule has 3 heterocycles. The van der Waals surface area contributed by atoms with Gasteiger partial charge in [-0.25, -0.2) is 4.79 Å². The van der Waals surface area contributed by atoms with Crippen molar-refractivity contribution in [2.45, 2.75) is 62.5 Å². The molecule has 4 aliphatic rings. The summed E-state index contributed by atoms with van der Waals surface area (Å²) >= 11 is 0. The first-order valence-electron chi connectivity index (χ1n) is 15.8. The molecule has 0 saturated carbocycles. The van der Waals surface area contributed by atoms with Crippen molar-refractivity contribution < 1.29 is 53.8 Å². The summed E-state index contributed by atoms with van der Waals surface area (Å²) in [5.41, 5.74) is -3.92. The van der Waals surface area contributed by atoms with Crippen LogP contribution >= 0.6 is 0 Å². The van der Waals surface area contributed by atoms with Crippen LogP contribution in [0.1, 0.15) is 65.2 Å². The molecule has 2 N–H and O–H groups in total. The predicted molar refractivity (Wildman–Crippen MR) is 166 cm³/mol. The number of ether oxygens (including phenoxy) is 1. The van der Waals surface area contributed by atoms with Crippen LogP contribution in [0.2, 0.25) is 0 Å². The molecular weight excluding hydrogens is 693 g/mol. The van der Waals surface area contributed by atoms with Crippen LogP contribution in [0.5, 0.6) is 0 Å². The van der Waals surface area contributed by atoms with Gasteiger partial charge in [-0.2, -0.15) is 39.5 Å². The van der Waals surface area contributed by atoms with Gasteiger partial charge in [0.05, 0.1) is 48.0 Å². The molecule has 3 saturated heterocycles. The number of fused-ring (bicyclic) bond motifs is 1. The van der Waals surface area contributed by atoms with Crippen molar-refractivity contribution in [1.29, 1.82) is 0 Å². The van der Waals surface area contributed by atoms with E-state index in [1.807, 2.05) is 0 Å². The second kappa shape index (κ2) is 12.7. The summed E-state index contributed by atoms with van der Waals surface area (Å²) in [6.45, 7) is 1.73. The maximum Gasteiger partial charge on any atom is 0.416 e. The van der Waals surface area contributed by atoms with E-state index in [9.17, 15) is 49.1 Å². The van der Waals surface area contributed by atoms with Gasteiger partial charge in [0.25, 0.3) is 0 Å². The Hall–Kier alpha value is -4.87. The van der Waals surface area contributed by atoms with E-state index in [1.165, 1.54) is 18.1 Å². The van der Waals surface area contributed by atoms with Crippen LogP contribution in [0, 0.1) is 30.1 Å². The number of benzene rings is 2. The Kier molecular flexibility index (Phi) is 8.96. The van der Waals surface area contributed by atoms with Crippen LogP contribution in [0.15, 0.2) is 66.5 Å². The summed E-state index contributed by atoms with van der Waals surface area (Å²) in [5, 5.41) is 5.24. The second-order valence-electron chi connectivity index (χ2n) is 12.9. The summed E-state index contributed by atoms with van der Waals surface area (Å²) in [6, 6.07) is -0.706. The molecule has 3 fully saturated rings. The number of nitrogens with zero attached hydrogens (tertiary/aromatic N) is 1. The molecule has 3 aliphatic heterocycles. The number of methoxy groups -OCH3 is 1. The van der Waals surface area contributed by atoms with Gasteiger partial charge in [-0.15, -0.1) is 6.42 Å². The normalized spacial score (nSPS) is 28.0. The van der Waals surface area contributed by atoms with Crippen molar-refractivity contribution in [2.24, 2.45) is 17.8 Å². The van der Waals surface area contributed by atoms with Gasteiger partial charge in [0.15, 0.2) is 0 Å². The number of halogens is 9. The molecule has 7 atom stereocenters. The Morgan fingerprint density at radius 3 is 2.06 bits per heavy atom. The van der Waals surface area contributed by atoms with Crippen LogP contribution in [-0.2, 0) is 28.1 Å². The molecule has 0 bridgehead atoms. The minimum Gasteiger partial charge on any atom is -0.496 e. The number of alkyl halides is 9. The standard InChI is InChI=1S/C36H30F9N3O3/c1-4-26-30(17(2)32(49)46-26)18-5-8-24(29(51-3)12-6-18)23-9-7-20(34(37,38)39)16-25(23)27-10-11-28-31(47-33(50)48(27)28)19-13-21(35(40,41)42)15-22(14-19)36(43,44)45/h1,5-9,12-18,26-28,30-31H,10-11H2,2-3H3,(H,46,49)(H,47,50). The van der Waals surface area contributed by atoms with E-state index in [2.05, 4.69) is 16.6 Å². The van der Waals surface area contributed by atoms with Crippen molar-refractivity contribution in [3.63, 3.8) is 0 Å². The largest absolute Gasteiger partial charge is 0.496 e. The summed E-state index contributed by atoms with van der Waals surface area (Å²) in [6.07, 6.45) is -2.46. The quantitative estimate of drug-likeness (QED) is 0.242. The Labute approximate surface area is 286 Å². The van der Waals surface area contributed by atoms with E-state index >= 15 is 0 Å². The zero-order valence-corrected chi connectivity index (χ0v) is 26.9. The molecule has 6 rings (SSSR count). The molecule has 0 aromatic heterocycles. The third-order valence-corrected chi connectivity index (χ3v) is 10.1. The molecule has 270 valence electrons. The molecule has 0 spiro atoms. The van der Waals surface area contributed by atoms with Gasteiger partial charge >= 0.3 is 24.6 Å². The molecule has 2 aromatic rings. The van der Waals surface area contributed by atoms with Gasteiger partial charge in [0, 0.05) is 23.3 Å². The Balaban J connectivity index is 1.41. The van der Waals surface area contributed by atoms with Gasteiger partial charge in [0.1, 0.15) is 5.76 Å². The maximum absolute atomic E-state index is 14.1. The van der Waals surface area contributed by atoms with Crippen LogP contribution < -0.4 is 10.6 Å². The van der Waals surface area contributed by atoms with E-state index in [-0.39, 0.29) is 47.6 Å². The number of hydrogen-bond donors (Lipinski definition) is 2. The lowest BCUT2D eigenvalue weighted by atomic mass is 9.80. The van der Waals surface area contributed by atoms with Crippen molar-refractivity contribution >= 4 is 17.5 Å². The average molecular weight is 724 g/mol. The monoisotopic (exact) mass is 723 g/mol. The Bertz CT molecular complexity index is 1850. The number of rotatable bonds is 5. The van der Waals surface area contributed by atoms with Crippen molar-refractivity contribution in [1.82, 2.24) is 15.5 Å². The van der Waals surface area contributed by atoms with Gasteiger partial charge in [0.2, 0.25) is 5.91 Å². The number of carbonyl (C=O) groups excluding carboxylic acids is 2. The second-order valence-corrected chi connectivity index (χ2v) is 12.9. The first kappa shape index (κ1) is 35.9. The van der Waals surface area contributed by atoms with E-state index in [4.69, 9.17) is 11.2 Å². The lowest BCUT2D eigenvalue weighted by molar-refractivity contribution is -0.143. The van der Waals surface area contributed by atoms with Gasteiger partial charge in [-0.05, 0) is 65.9 Å². The molecule has 0 radical (unpaired) electrons. The van der Waals surface area contributed by atoms with E-state index in [0.717, 1.165) is 12.1 Å². The minimum absolute atomic E-state index is 0.0147. The number of amides is 3. The fraction of sp³-hybridized carbons (Fsp3) is 0.389. The van der Waals surface area contributed by atoms with Gasteiger partial charge in [-0.1, -0.05) is 37.1 Å². The number of allylic oxidation sites excluding steroid dienone is 5. The fourth-order valence-corrected chi connectivity index (χ4v) is 7.64. The van der Waals surface area contributed by atoms with Crippen LogP contribution in [0.25, 0.3) is 5.57 Å². The highest BCUT2D eigenvalue weighted by molar-refractivity contribution is 5.84. The molecule has 7 unspecified atom stereocenters. The Morgan fingerprint density at radius 1 is 0.843 bits per heavy atom. The molecule has 1 aliphatic carbocycles. The SMILES string of the molecule is C#CC1NC(=O)C(C)C1C1C=CC(OC)=C(c2ccc(C(F)(F)F)cc2C2CCC3C(c4cc(C(F)(F)F)cc(C(F)(F)F)c4)NC(=O)N23)C=C1. The third-order valence-electron chi connectivity index (χ3n) is 10.1. The topological polar surface area (TPSA) is 70.7 Å². The van der Waals surface area contributed by atoms with Crippen molar-refractivity contribution in [3.8, 4) is 12.3 Å². The fourth-order valence-electron chi connectivity index (χ4n) is 7.64. The van der Waals surface area contributed by atoms with E-state index < -0.39 is 82.8 Å². The summed E-state index contributed by atoms with van der Waals surface area (Å²) < 4.78 is 130. The van der Waals surface area contributed by atoms with Gasteiger partial charge < -0.3 is 20.3 Å². The molecule has 51 heavy (non-hydrogen) atoms. The highest BCUT2D eigenvalue weighted by atomic mass is 19.4. The highest BCUT2D eigenvalue weighted by Crippen LogP contribution is 2.49. The van der Waals surface area contributed by atoms with Crippen LogP contribution in [-0.4, -0.2) is 36.0 Å². The third kappa shape index (κ3) is 6.56. The van der Waals surface area contributed by atoms with E-state index in [0.29, 0.717) is 17.7 Å². The zero-order valence-electron chi connectivity index (χ0n) is 26.9. The molecule has 15 heteroatoms. The Morgan fingerprint density at radius 2 is 1.47 bits per heavy atom. The van der Waals surface area contributed by atoms with Crippen LogP contribution in [0.4, 0.5) is 44.3 Å². The minimum atomic E-state index is -5.13. The van der Waals surface area contributed by atoms with Crippen molar-refractivity contribution in [3.05, 3.63) is 99.8 Å². The molecule has 6 nitrogen and oxygen atoms in total. The first-order chi connectivity index (χ1) is 23.8. The van der Waals surface area contributed by atoms with Crippen molar-refractivity contribution in [2.75, 3.05) is 7.11 Å². The first-order valence-corrected chi connectivity index (χ1v) is 15.8. The number of nitrogens with one attached hydrogen (secondary N) is 2. The maximum atomic E-state index is 14.1. The summed E-state index contributed by atoms with van der Waals surface area (Å²) in [4.78, 5) is 27.1. The number of urea groups is 1.